The average molecular weight is 426 g/mol. The Balaban J connectivity index is 1.77. The molecule has 0 aliphatic carbocycles. The molecule has 28 heavy (non-hydrogen) atoms. The topological polar surface area (TPSA) is 38.1 Å². The third-order valence-electron chi connectivity index (χ3n) is 4.66. The first-order valence-corrected chi connectivity index (χ1v) is 11.1. The van der Waals surface area contributed by atoms with E-state index in [9.17, 15) is 4.79 Å². The molecule has 1 aromatic carbocycles. The van der Waals surface area contributed by atoms with Gasteiger partial charge < -0.3 is 0 Å². The number of carbonyl (C=O) groups is 1. The molecule has 2 aromatic heterocycles. The summed E-state index contributed by atoms with van der Waals surface area (Å²) in [5.74, 6) is -0.0195. The van der Waals surface area contributed by atoms with Gasteiger partial charge in [-0.3, -0.25) is 9.69 Å². The summed E-state index contributed by atoms with van der Waals surface area (Å²) >= 11 is 8.46. The Morgan fingerprint density at radius 3 is 2.68 bits per heavy atom. The molecule has 3 aromatic rings. The van der Waals surface area contributed by atoms with Gasteiger partial charge in [-0.2, -0.15) is 5.10 Å². The van der Waals surface area contributed by atoms with E-state index in [0.717, 1.165) is 28.2 Å². The lowest BCUT2D eigenvalue weighted by atomic mass is 10.2. The summed E-state index contributed by atoms with van der Waals surface area (Å²) in [7, 11) is 0. The van der Waals surface area contributed by atoms with E-state index in [1.165, 1.54) is 11.8 Å². The number of rotatable bonds is 5. The predicted molar refractivity (Wildman–Crippen MR) is 122 cm³/mol. The molecule has 1 amide bonds. The van der Waals surface area contributed by atoms with Crippen molar-refractivity contribution < 1.29 is 4.79 Å². The maximum Gasteiger partial charge on any atom is 0.266 e. The van der Waals surface area contributed by atoms with Gasteiger partial charge in [0, 0.05) is 17.8 Å². The summed E-state index contributed by atoms with van der Waals surface area (Å²) in [6.07, 6.45) is 4.76. The van der Waals surface area contributed by atoms with E-state index in [2.05, 4.69) is 6.92 Å². The minimum absolute atomic E-state index is 0.0195. The molecule has 0 saturated carbocycles. The van der Waals surface area contributed by atoms with E-state index in [-0.39, 0.29) is 11.9 Å². The summed E-state index contributed by atoms with van der Waals surface area (Å²) in [4.78, 5) is 16.4. The molecule has 7 heteroatoms. The molecular weight excluding hydrogens is 406 g/mol. The van der Waals surface area contributed by atoms with Gasteiger partial charge in [0.05, 0.1) is 15.5 Å². The van der Waals surface area contributed by atoms with Crippen LogP contribution in [0.25, 0.3) is 22.3 Å². The quantitative estimate of drug-likeness (QED) is 0.394. The highest BCUT2D eigenvalue weighted by Gasteiger charge is 2.35. The number of thiocarbonyl (C=S) groups is 1. The van der Waals surface area contributed by atoms with E-state index in [0.29, 0.717) is 9.23 Å². The SMILES string of the molecule is CC[C@H](C)N1C(=O)/C(=C\c2cn(-c3ccccc3)nc2-c2cccs2)SC1=S. The van der Waals surface area contributed by atoms with Crippen molar-refractivity contribution in [1.82, 2.24) is 14.7 Å². The molecule has 1 aliphatic rings. The summed E-state index contributed by atoms with van der Waals surface area (Å²) < 4.78 is 2.48. The monoisotopic (exact) mass is 425 g/mol. The van der Waals surface area contributed by atoms with Gasteiger partial charge in [-0.15, -0.1) is 11.3 Å². The Morgan fingerprint density at radius 1 is 1.21 bits per heavy atom. The average Bonchev–Trinajstić information content (AvgIpc) is 3.42. The third-order valence-corrected chi connectivity index (χ3v) is 6.87. The first-order valence-electron chi connectivity index (χ1n) is 9.04. The predicted octanol–water partition coefficient (Wildman–Crippen LogP) is 5.60. The van der Waals surface area contributed by atoms with Crippen LogP contribution in [-0.2, 0) is 4.79 Å². The Bertz CT molecular complexity index is 1040. The van der Waals surface area contributed by atoms with E-state index < -0.39 is 0 Å². The summed E-state index contributed by atoms with van der Waals surface area (Å²) in [6, 6.07) is 14.1. The Kier molecular flexibility index (Phi) is 5.48. The lowest BCUT2D eigenvalue weighted by Gasteiger charge is -2.21. The molecule has 1 fully saturated rings. The number of hydrogen-bond donors (Lipinski definition) is 0. The van der Waals surface area contributed by atoms with Crippen LogP contribution in [0.3, 0.4) is 0 Å². The molecule has 4 nitrogen and oxygen atoms in total. The van der Waals surface area contributed by atoms with Crippen LogP contribution in [0.5, 0.6) is 0 Å². The highest BCUT2D eigenvalue weighted by molar-refractivity contribution is 8.26. The summed E-state index contributed by atoms with van der Waals surface area (Å²) in [5.41, 5.74) is 2.76. The second-order valence-electron chi connectivity index (χ2n) is 6.50. The van der Waals surface area contributed by atoms with Crippen LogP contribution >= 0.6 is 35.3 Å². The number of nitrogens with zero attached hydrogens (tertiary/aromatic N) is 3. The van der Waals surface area contributed by atoms with E-state index in [4.69, 9.17) is 17.3 Å². The highest BCUT2D eigenvalue weighted by Crippen LogP contribution is 2.36. The third kappa shape index (κ3) is 3.57. The van der Waals surface area contributed by atoms with Crippen molar-refractivity contribution in [2.24, 2.45) is 0 Å². The van der Waals surface area contributed by atoms with Crippen molar-refractivity contribution in [3.63, 3.8) is 0 Å². The second-order valence-corrected chi connectivity index (χ2v) is 9.12. The molecule has 142 valence electrons. The standard InChI is InChI=1S/C21H19N3OS3/c1-3-14(2)24-20(25)18(28-21(24)26)12-15-13-23(16-8-5-4-6-9-16)22-19(15)17-10-7-11-27-17/h4-14H,3H2,1-2H3/b18-12+/t14-/m0/s1. The van der Waals surface area contributed by atoms with Crippen molar-refractivity contribution in [2.45, 2.75) is 26.3 Å². The van der Waals surface area contributed by atoms with Gasteiger partial charge >= 0.3 is 0 Å². The number of thioether (sulfide) groups is 1. The van der Waals surface area contributed by atoms with Crippen molar-refractivity contribution >= 4 is 51.6 Å². The number of benzene rings is 1. The van der Waals surface area contributed by atoms with Gasteiger partial charge in [-0.1, -0.05) is 55.2 Å². The molecule has 1 saturated heterocycles. The van der Waals surface area contributed by atoms with Gasteiger partial charge in [-0.25, -0.2) is 4.68 Å². The molecular formula is C21H19N3OS3. The molecule has 1 aliphatic heterocycles. The lowest BCUT2D eigenvalue weighted by molar-refractivity contribution is -0.123. The maximum absolute atomic E-state index is 12.9. The number of para-hydroxylation sites is 1. The number of hydrogen-bond acceptors (Lipinski definition) is 5. The molecule has 1 atom stereocenters. The van der Waals surface area contributed by atoms with Crippen LogP contribution in [0.4, 0.5) is 0 Å². The molecule has 0 unspecified atom stereocenters. The van der Waals surface area contributed by atoms with Crippen molar-refractivity contribution in [1.29, 1.82) is 0 Å². The molecule has 0 N–H and O–H groups in total. The molecule has 0 spiro atoms. The van der Waals surface area contributed by atoms with Gasteiger partial charge in [-0.05, 0) is 43.0 Å². The van der Waals surface area contributed by atoms with Crippen molar-refractivity contribution in [3.8, 4) is 16.3 Å². The van der Waals surface area contributed by atoms with Crippen LogP contribution in [-0.4, -0.2) is 30.9 Å². The lowest BCUT2D eigenvalue weighted by Crippen LogP contribution is -2.36. The van der Waals surface area contributed by atoms with Crippen LogP contribution < -0.4 is 0 Å². The van der Waals surface area contributed by atoms with Crippen LogP contribution in [0, 0.1) is 0 Å². The van der Waals surface area contributed by atoms with E-state index in [1.807, 2.05) is 71.7 Å². The van der Waals surface area contributed by atoms with E-state index >= 15 is 0 Å². The van der Waals surface area contributed by atoms with E-state index in [1.54, 1.807) is 16.2 Å². The number of thiophene rings is 1. The van der Waals surface area contributed by atoms with Crippen LogP contribution in [0.2, 0.25) is 0 Å². The van der Waals surface area contributed by atoms with Crippen molar-refractivity contribution in [3.05, 3.63) is 64.5 Å². The fraction of sp³-hybridized carbons (Fsp3) is 0.190. The molecule has 3 heterocycles. The number of carbonyl (C=O) groups excluding carboxylic acids is 1. The largest absolute Gasteiger partial charge is 0.290 e. The Morgan fingerprint density at radius 2 is 2.00 bits per heavy atom. The molecule has 0 bridgehead atoms. The smallest absolute Gasteiger partial charge is 0.266 e. The fourth-order valence-electron chi connectivity index (χ4n) is 2.99. The zero-order valence-corrected chi connectivity index (χ0v) is 18.0. The first kappa shape index (κ1) is 19.1. The molecule has 0 radical (unpaired) electrons. The summed E-state index contributed by atoms with van der Waals surface area (Å²) in [5, 5.41) is 6.83. The van der Waals surface area contributed by atoms with Gasteiger partial charge in [0.1, 0.15) is 10.0 Å². The van der Waals surface area contributed by atoms with Crippen molar-refractivity contribution in [2.75, 3.05) is 0 Å². The normalized spacial score (nSPS) is 16.9. The number of aromatic nitrogens is 2. The maximum atomic E-state index is 12.9. The minimum atomic E-state index is -0.0195. The van der Waals surface area contributed by atoms with Gasteiger partial charge in [0.2, 0.25) is 0 Å². The zero-order valence-electron chi connectivity index (χ0n) is 15.5. The first-order chi connectivity index (χ1) is 13.6. The Labute approximate surface area is 177 Å². The van der Waals surface area contributed by atoms with Crippen LogP contribution in [0.15, 0.2) is 58.9 Å². The van der Waals surface area contributed by atoms with Gasteiger partial charge in [0.15, 0.2) is 0 Å². The highest BCUT2D eigenvalue weighted by atomic mass is 32.2. The Hall–Kier alpha value is -2.22. The zero-order chi connectivity index (χ0) is 19.7. The molecule has 4 rings (SSSR count). The summed E-state index contributed by atoms with van der Waals surface area (Å²) in [6.45, 7) is 4.09. The minimum Gasteiger partial charge on any atom is -0.290 e. The fourth-order valence-corrected chi connectivity index (χ4v) is 5.18. The second kappa shape index (κ2) is 8.03. The van der Waals surface area contributed by atoms with Crippen LogP contribution in [0.1, 0.15) is 25.8 Å². The number of amides is 1. The van der Waals surface area contributed by atoms with Gasteiger partial charge in [0.25, 0.3) is 5.91 Å².